The molecule has 0 saturated heterocycles. The zero-order chi connectivity index (χ0) is 13.9. The largest absolute Gasteiger partial charge is 0.456 e. The monoisotopic (exact) mass is 280 g/mol. The van der Waals surface area contributed by atoms with E-state index in [0.29, 0.717) is 10.7 Å². The third-order valence-corrected chi connectivity index (χ3v) is 3.18. The molecule has 0 aliphatic carbocycles. The van der Waals surface area contributed by atoms with Crippen molar-refractivity contribution in [3.05, 3.63) is 66.4 Å². The number of rotatable bonds is 3. The molecule has 1 aromatic heterocycles. The number of ether oxygens (including phenoxy) is 1. The second-order valence-corrected chi connectivity index (χ2v) is 4.79. The van der Waals surface area contributed by atoms with Gasteiger partial charge in [-0.2, -0.15) is 0 Å². The van der Waals surface area contributed by atoms with Crippen LogP contribution in [-0.2, 0) is 0 Å². The molecule has 20 heavy (non-hydrogen) atoms. The van der Waals surface area contributed by atoms with Crippen LogP contribution < -0.4 is 10.5 Å². The molecule has 0 amide bonds. The number of hydrogen-bond acceptors (Lipinski definition) is 3. The Morgan fingerprint density at radius 3 is 2.50 bits per heavy atom. The maximum Gasteiger partial charge on any atom is 0.146 e. The highest BCUT2D eigenvalue weighted by molar-refractivity contribution is 7.80. The molecule has 0 atom stereocenters. The van der Waals surface area contributed by atoms with Crippen molar-refractivity contribution in [3.8, 4) is 11.5 Å². The molecule has 0 aliphatic rings. The molecule has 0 bridgehead atoms. The van der Waals surface area contributed by atoms with Gasteiger partial charge in [0.05, 0.1) is 11.7 Å². The number of para-hydroxylation sites is 1. The number of pyridine rings is 1. The summed E-state index contributed by atoms with van der Waals surface area (Å²) in [5.41, 5.74) is 7.33. The van der Waals surface area contributed by atoms with E-state index in [1.807, 2.05) is 54.6 Å². The predicted molar refractivity (Wildman–Crippen MR) is 84.1 cm³/mol. The summed E-state index contributed by atoms with van der Waals surface area (Å²) >= 11 is 4.91. The number of hydrogen-bond donors (Lipinski definition) is 1. The van der Waals surface area contributed by atoms with Crippen LogP contribution in [0.5, 0.6) is 11.5 Å². The van der Waals surface area contributed by atoms with Gasteiger partial charge in [0.1, 0.15) is 16.5 Å². The smallest absolute Gasteiger partial charge is 0.146 e. The van der Waals surface area contributed by atoms with E-state index < -0.39 is 0 Å². The van der Waals surface area contributed by atoms with Gasteiger partial charge in [-0.1, -0.05) is 30.4 Å². The van der Waals surface area contributed by atoms with Crippen molar-refractivity contribution in [2.24, 2.45) is 5.73 Å². The molecule has 2 N–H and O–H groups in total. The molecule has 0 radical (unpaired) electrons. The number of fused-ring (bicyclic) bond motifs is 1. The molecule has 3 aromatic rings. The van der Waals surface area contributed by atoms with Crippen LogP contribution in [0, 0.1) is 0 Å². The van der Waals surface area contributed by atoms with Gasteiger partial charge in [-0.15, -0.1) is 0 Å². The Kier molecular flexibility index (Phi) is 3.31. The highest BCUT2D eigenvalue weighted by Gasteiger charge is 2.01. The average molecular weight is 280 g/mol. The van der Waals surface area contributed by atoms with Gasteiger partial charge in [0, 0.05) is 10.9 Å². The van der Waals surface area contributed by atoms with E-state index in [2.05, 4.69) is 4.98 Å². The molecule has 3 rings (SSSR count). The summed E-state index contributed by atoms with van der Waals surface area (Å²) < 4.78 is 5.77. The summed E-state index contributed by atoms with van der Waals surface area (Å²) in [7, 11) is 0. The number of nitrogens with two attached hydrogens (primary N) is 1. The van der Waals surface area contributed by atoms with Gasteiger partial charge in [-0.3, -0.25) is 4.98 Å². The van der Waals surface area contributed by atoms with Gasteiger partial charge in [0.2, 0.25) is 0 Å². The fourth-order valence-corrected chi connectivity index (χ4v) is 2.07. The second-order valence-electron chi connectivity index (χ2n) is 4.35. The maximum atomic E-state index is 5.77. The average Bonchev–Trinajstić information content (AvgIpc) is 2.48. The van der Waals surface area contributed by atoms with Gasteiger partial charge >= 0.3 is 0 Å². The molecule has 1 heterocycles. The van der Waals surface area contributed by atoms with E-state index in [0.717, 1.165) is 22.2 Å². The third kappa shape index (κ3) is 2.60. The first-order valence-corrected chi connectivity index (χ1v) is 6.56. The van der Waals surface area contributed by atoms with E-state index >= 15 is 0 Å². The molecule has 3 nitrogen and oxygen atoms in total. The minimum Gasteiger partial charge on any atom is -0.456 e. The zero-order valence-electron chi connectivity index (χ0n) is 10.6. The molecule has 0 fully saturated rings. The number of aromatic nitrogens is 1. The standard InChI is InChI=1S/C16H12N2OS/c17-16(20)11-5-7-13(8-6-11)19-14-9-12-3-1-2-4-15(12)18-10-14/h1-10H,(H2,17,20). The van der Waals surface area contributed by atoms with Gasteiger partial charge in [0.15, 0.2) is 0 Å². The first-order chi connectivity index (χ1) is 9.72. The molecule has 0 spiro atoms. The zero-order valence-corrected chi connectivity index (χ0v) is 11.4. The molecule has 0 saturated carbocycles. The lowest BCUT2D eigenvalue weighted by Gasteiger charge is -2.07. The lowest BCUT2D eigenvalue weighted by Crippen LogP contribution is -2.08. The van der Waals surface area contributed by atoms with Crippen LogP contribution in [0.3, 0.4) is 0 Å². The van der Waals surface area contributed by atoms with Crippen molar-refractivity contribution >= 4 is 28.1 Å². The van der Waals surface area contributed by atoms with Crippen LogP contribution in [0.15, 0.2) is 60.8 Å². The van der Waals surface area contributed by atoms with Crippen LogP contribution in [0.2, 0.25) is 0 Å². The van der Waals surface area contributed by atoms with E-state index in [9.17, 15) is 0 Å². The SMILES string of the molecule is NC(=S)c1ccc(Oc2cnc3ccccc3c2)cc1. The lowest BCUT2D eigenvalue weighted by atomic mass is 10.2. The molecule has 0 unspecified atom stereocenters. The topological polar surface area (TPSA) is 48.1 Å². The van der Waals surface area contributed by atoms with Crippen LogP contribution in [0.25, 0.3) is 10.9 Å². The fourth-order valence-electron chi connectivity index (χ4n) is 1.93. The lowest BCUT2D eigenvalue weighted by molar-refractivity contribution is 0.481. The van der Waals surface area contributed by atoms with Crippen LogP contribution in [-0.4, -0.2) is 9.97 Å². The highest BCUT2D eigenvalue weighted by Crippen LogP contribution is 2.24. The Labute approximate surface area is 122 Å². The van der Waals surface area contributed by atoms with Gasteiger partial charge < -0.3 is 10.5 Å². The highest BCUT2D eigenvalue weighted by atomic mass is 32.1. The molecule has 98 valence electrons. The normalized spacial score (nSPS) is 10.4. The molecule has 0 aliphatic heterocycles. The minimum atomic E-state index is 0.379. The molecule has 2 aromatic carbocycles. The van der Waals surface area contributed by atoms with Gasteiger partial charge in [-0.05, 0) is 36.4 Å². The molecular weight excluding hydrogens is 268 g/mol. The summed E-state index contributed by atoms with van der Waals surface area (Å²) in [4.78, 5) is 4.74. The number of benzene rings is 2. The van der Waals surface area contributed by atoms with Crippen molar-refractivity contribution in [2.75, 3.05) is 0 Å². The molecular formula is C16H12N2OS. The first kappa shape index (κ1) is 12.6. The van der Waals surface area contributed by atoms with Gasteiger partial charge in [0.25, 0.3) is 0 Å². The van der Waals surface area contributed by atoms with Gasteiger partial charge in [-0.25, -0.2) is 0 Å². The second kappa shape index (κ2) is 5.27. The van der Waals surface area contributed by atoms with Crippen molar-refractivity contribution in [2.45, 2.75) is 0 Å². The Morgan fingerprint density at radius 2 is 1.75 bits per heavy atom. The summed E-state index contributed by atoms with van der Waals surface area (Å²) in [6.45, 7) is 0. The van der Waals surface area contributed by atoms with Crippen molar-refractivity contribution in [1.82, 2.24) is 4.98 Å². The molecule has 4 heteroatoms. The summed E-state index contributed by atoms with van der Waals surface area (Å²) in [5.74, 6) is 1.42. The maximum absolute atomic E-state index is 5.77. The fraction of sp³-hybridized carbons (Fsp3) is 0. The number of nitrogens with zero attached hydrogens (tertiary/aromatic N) is 1. The van der Waals surface area contributed by atoms with Crippen LogP contribution in [0.4, 0.5) is 0 Å². The van der Waals surface area contributed by atoms with Crippen LogP contribution >= 0.6 is 12.2 Å². The van der Waals surface area contributed by atoms with Crippen molar-refractivity contribution < 1.29 is 4.74 Å². The van der Waals surface area contributed by atoms with E-state index in [4.69, 9.17) is 22.7 Å². The first-order valence-electron chi connectivity index (χ1n) is 6.15. The Balaban J connectivity index is 1.87. The summed E-state index contributed by atoms with van der Waals surface area (Å²) in [6, 6.07) is 17.2. The summed E-state index contributed by atoms with van der Waals surface area (Å²) in [6.07, 6.45) is 1.71. The Hall–Kier alpha value is -2.46. The predicted octanol–water partition coefficient (Wildman–Crippen LogP) is 3.66. The van der Waals surface area contributed by atoms with Crippen LogP contribution in [0.1, 0.15) is 5.56 Å². The van der Waals surface area contributed by atoms with E-state index in [1.165, 1.54) is 0 Å². The van der Waals surface area contributed by atoms with Crippen molar-refractivity contribution in [3.63, 3.8) is 0 Å². The van der Waals surface area contributed by atoms with E-state index in [1.54, 1.807) is 6.20 Å². The minimum absolute atomic E-state index is 0.379. The Morgan fingerprint density at radius 1 is 1.00 bits per heavy atom. The van der Waals surface area contributed by atoms with E-state index in [-0.39, 0.29) is 0 Å². The summed E-state index contributed by atoms with van der Waals surface area (Å²) in [5, 5.41) is 1.05. The Bertz CT molecular complexity index is 769. The quantitative estimate of drug-likeness (QED) is 0.744. The number of thiocarbonyl (C=S) groups is 1. The third-order valence-electron chi connectivity index (χ3n) is 2.94. The van der Waals surface area contributed by atoms with Crippen molar-refractivity contribution in [1.29, 1.82) is 0 Å².